The zero-order valence-electron chi connectivity index (χ0n) is 40.1. The maximum Gasteiger partial charge on any atom is 0.173 e. The maximum absolute atomic E-state index is 10.9. The van der Waals surface area contributed by atoms with Crippen LogP contribution < -0.4 is 24.8 Å². The van der Waals surface area contributed by atoms with E-state index >= 15 is 0 Å². The number of likely N-dealkylation sites (tertiary alicyclic amines) is 4. The summed E-state index contributed by atoms with van der Waals surface area (Å²) in [6, 6.07) is 34.2. The summed E-state index contributed by atoms with van der Waals surface area (Å²) < 4.78 is 15.8. The fourth-order valence-electron chi connectivity index (χ4n) is 10.2. The van der Waals surface area contributed by atoms with Gasteiger partial charge in [0.25, 0.3) is 0 Å². The number of benzene rings is 4. The third-order valence-electron chi connectivity index (χ3n) is 14.5. The Kier molecular flexibility index (Phi) is 19.1. The van der Waals surface area contributed by atoms with Crippen LogP contribution in [0.3, 0.4) is 0 Å². The molecule has 4 aliphatic rings. The van der Waals surface area contributed by atoms with Gasteiger partial charge in [-0.2, -0.15) is 5.26 Å². The number of β-amino-alcohol motifs (C(OH)–C–C–N with tert-alkyl or cyclic N) is 2. The van der Waals surface area contributed by atoms with E-state index in [1.54, 1.807) is 33.5 Å². The van der Waals surface area contributed by atoms with Crippen LogP contribution in [-0.2, 0) is 0 Å². The molecule has 0 amide bonds. The van der Waals surface area contributed by atoms with Crippen molar-refractivity contribution in [2.45, 2.75) is 75.4 Å². The number of aliphatic hydroxyl groups is 2. The molecule has 364 valence electrons. The van der Waals surface area contributed by atoms with Crippen molar-refractivity contribution in [1.29, 1.82) is 5.26 Å². The first-order chi connectivity index (χ1) is 33.1. The minimum Gasteiger partial charge on any atom is -0.497 e. The topological polar surface area (TPSA) is 129 Å². The quantitative estimate of drug-likeness (QED) is 0.0956. The van der Waals surface area contributed by atoms with Crippen LogP contribution in [0.1, 0.15) is 79.9 Å². The van der Waals surface area contributed by atoms with Crippen LogP contribution in [0.2, 0.25) is 0 Å². The second-order valence-electron chi connectivity index (χ2n) is 18.8. The number of aliphatic hydroxyl groups excluding tert-OH is 2. The predicted molar refractivity (Wildman–Crippen MR) is 280 cm³/mol. The number of anilines is 2. The van der Waals surface area contributed by atoms with Crippen LogP contribution in [0.25, 0.3) is 0 Å². The molecule has 4 aliphatic heterocycles. The highest BCUT2D eigenvalue weighted by Gasteiger charge is 2.31. The van der Waals surface area contributed by atoms with Crippen LogP contribution in [0.4, 0.5) is 11.4 Å². The number of ether oxygens (including phenoxy) is 3. The van der Waals surface area contributed by atoms with Crippen LogP contribution in [0, 0.1) is 23.2 Å². The van der Waals surface area contributed by atoms with E-state index in [1.807, 2.05) is 48.5 Å². The van der Waals surface area contributed by atoms with E-state index in [4.69, 9.17) is 43.9 Å². The first-order valence-electron chi connectivity index (χ1n) is 24.5. The summed E-state index contributed by atoms with van der Waals surface area (Å²) in [7, 11) is 5.07. The fourth-order valence-corrected chi connectivity index (χ4v) is 10.8. The third kappa shape index (κ3) is 14.5. The summed E-state index contributed by atoms with van der Waals surface area (Å²) in [5.74, 6) is 4.44. The molecule has 4 N–H and O–H groups in total. The molecule has 4 aromatic carbocycles. The van der Waals surface area contributed by atoms with Gasteiger partial charge in [0.2, 0.25) is 0 Å². The molecule has 0 bridgehead atoms. The highest BCUT2D eigenvalue weighted by Crippen LogP contribution is 2.32. The molecule has 0 spiro atoms. The minimum atomic E-state index is -0.298. The average Bonchev–Trinajstić information content (AvgIpc) is 3.39. The number of hydrogen-bond acceptors (Lipinski definition) is 10. The molecule has 0 radical (unpaired) electrons. The molecule has 14 heteroatoms. The summed E-state index contributed by atoms with van der Waals surface area (Å²) in [6.45, 7) is 9.09. The van der Waals surface area contributed by atoms with Gasteiger partial charge in [0.1, 0.15) is 17.2 Å². The van der Waals surface area contributed by atoms with Gasteiger partial charge >= 0.3 is 0 Å². The Balaban J connectivity index is 0.000000201. The Bertz CT molecular complexity index is 2230. The molecule has 4 saturated heterocycles. The third-order valence-corrected chi connectivity index (χ3v) is 15.3. The van der Waals surface area contributed by atoms with E-state index in [0.717, 1.165) is 151 Å². The lowest BCUT2D eigenvalue weighted by atomic mass is 9.88. The standard InChI is InChI=1S/C27H34N4O2S.C27H37N3O3S/c1-33-25-7-5-21(6-8-25)22-9-13-30(14-10-22)19-26(32)23-11-15-31(16-12-23)27(34)29-24-4-2-3-20(17-24)18-28;1-32-24-8-6-20(7-9-24)21-10-14-29(15-11-21)19-26(31)22-12-16-30(17-13-22)27(34)28-23-4-3-5-25(18-23)33-2/h2-8,17,22-23,26,32H,9-16,19H2,1H3,(H,29,34);3-9,18,21-22,26,31H,10-17,19H2,1-2H3,(H,28,34). The molecule has 4 fully saturated rings. The number of nitrogens with zero attached hydrogens (tertiary/aromatic N) is 5. The summed E-state index contributed by atoms with van der Waals surface area (Å²) in [6.07, 6.45) is 7.76. The Morgan fingerprint density at radius 1 is 0.559 bits per heavy atom. The number of thiocarbonyl (C=S) groups is 2. The molecule has 8 rings (SSSR count). The molecule has 4 heterocycles. The smallest absolute Gasteiger partial charge is 0.173 e. The Labute approximate surface area is 415 Å². The van der Waals surface area contributed by atoms with Gasteiger partial charge in [0.05, 0.1) is 45.2 Å². The number of hydrogen-bond donors (Lipinski definition) is 4. The van der Waals surface area contributed by atoms with Gasteiger partial charge in [-0.1, -0.05) is 36.4 Å². The molecule has 2 unspecified atom stereocenters. The lowest BCUT2D eigenvalue weighted by Crippen LogP contribution is -2.46. The Hall–Kier alpha value is -5.01. The SMILES string of the molecule is COc1ccc(C2CCN(CC(O)C3CCN(C(=S)Nc4cccc(C#N)c4)CC3)CC2)cc1.COc1ccc(C2CCN(CC(O)C3CCN(C(=S)Nc4cccc(OC)c4)CC3)CC2)cc1. The largest absolute Gasteiger partial charge is 0.497 e. The molecular weight excluding hydrogens is 891 g/mol. The molecule has 2 atom stereocenters. The second kappa shape index (κ2) is 25.6. The highest BCUT2D eigenvalue weighted by atomic mass is 32.1. The van der Waals surface area contributed by atoms with Gasteiger partial charge < -0.3 is 54.7 Å². The molecule has 0 saturated carbocycles. The zero-order valence-corrected chi connectivity index (χ0v) is 41.7. The predicted octanol–water partition coefficient (Wildman–Crippen LogP) is 8.57. The number of nitrogens with one attached hydrogen (secondary N) is 2. The first-order valence-corrected chi connectivity index (χ1v) is 25.3. The van der Waals surface area contributed by atoms with Gasteiger partial charge in [-0.3, -0.25) is 0 Å². The van der Waals surface area contributed by atoms with Gasteiger partial charge in [-0.25, -0.2) is 0 Å². The van der Waals surface area contributed by atoms with Crippen molar-refractivity contribution in [3.8, 4) is 23.3 Å². The second-order valence-corrected chi connectivity index (χ2v) is 19.5. The molecule has 12 nitrogen and oxygen atoms in total. The van der Waals surface area contributed by atoms with Crippen LogP contribution in [0.5, 0.6) is 17.2 Å². The average molecular weight is 962 g/mol. The van der Waals surface area contributed by atoms with Gasteiger partial charge in [-0.15, -0.1) is 0 Å². The number of piperidine rings is 4. The summed E-state index contributed by atoms with van der Waals surface area (Å²) in [4.78, 5) is 9.23. The van der Waals surface area contributed by atoms with Crippen molar-refractivity contribution in [3.63, 3.8) is 0 Å². The van der Waals surface area contributed by atoms with E-state index in [1.165, 1.54) is 11.1 Å². The Morgan fingerprint density at radius 2 is 0.956 bits per heavy atom. The maximum atomic E-state index is 10.9. The van der Waals surface area contributed by atoms with Crippen molar-refractivity contribution in [1.82, 2.24) is 19.6 Å². The molecule has 4 aromatic rings. The van der Waals surface area contributed by atoms with Crippen LogP contribution >= 0.6 is 24.4 Å². The van der Waals surface area contributed by atoms with Gasteiger partial charge in [0, 0.05) is 56.7 Å². The van der Waals surface area contributed by atoms with Crippen molar-refractivity contribution < 1.29 is 24.4 Å². The molecule has 0 aliphatic carbocycles. The lowest BCUT2D eigenvalue weighted by Gasteiger charge is -2.38. The van der Waals surface area contributed by atoms with Crippen molar-refractivity contribution >= 4 is 46.0 Å². The monoisotopic (exact) mass is 961 g/mol. The highest BCUT2D eigenvalue weighted by molar-refractivity contribution is 7.80. The van der Waals surface area contributed by atoms with E-state index in [-0.39, 0.29) is 12.2 Å². The lowest BCUT2D eigenvalue weighted by molar-refractivity contribution is 0.0342. The van der Waals surface area contributed by atoms with Gasteiger partial charge in [0.15, 0.2) is 10.2 Å². The van der Waals surface area contributed by atoms with E-state index in [2.05, 4.69) is 72.7 Å². The van der Waals surface area contributed by atoms with Crippen molar-refractivity contribution in [2.24, 2.45) is 11.8 Å². The van der Waals surface area contributed by atoms with Crippen molar-refractivity contribution in [3.05, 3.63) is 114 Å². The van der Waals surface area contributed by atoms with Crippen LogP contribution in [0.15, 0.2) is 97.1 Å². The first kappa shape index (κ1) is 50.9. The van der Waals surface area contributed by atoms with E-state index < -0.39 is 0 Å². The number of rotatable bonds is 13. The number of methoxy groups -OCH3 is 3. The molecule has 68 heavy (non-hydrogen) atoms. The zero-order chi connectivity index (χ0) is 47.8. The summed E-state index contributed by atoms with van der Waals surface area (Å²) >= 11 is 11.2. The fraction of sp³-hybridized carbons (Fsp3) is 0.500. The molecular formula is C54H71N7O5S2. The minimum absolute atomic E-state index is 0.278. The summed E-state index contributed by atoms with van der Waals surface area (Å²) in [5, 5.41) is 38.9. The Morgan fingerprint density at radius 3 is 1.35 bits per heavy atom. The van der Waals surface area contributed by atoms with Crippen LogP contribution in [-0.4, -0.2) is 139 Å². The normalized spacial score (nSPS) is 18.9. The molecule has 0 aromatic heterocycles. The number of nitriles is 1. The van der Waals surface area contributed by atoms with Gasteiger partial charge in [-0.05, 0) is 191 Å². The van der Waals surface area contributed by atoms with E-state index in [0.29, 0.717) is 34.3 Å². The van der Waals surface area contributed by atoms with E-state index in [9.17, 15) is 10.2 Å². The summed E-state index contributed by atoms with van der Waals surface area (Å²) in [5.41, 5.74) is 5.17. The van der Waals surface area contributed by atoms with Crippen molar-refractivity contribution in [2.75, 3.05) is 97.4 Å².